The van der Waals surface area contributed by atoms with E-state index in [-0.39, 0.29) is 17.9 Å². The third-order valence-electron chi connectivity index (χ3n) is 5.23. The zero-order valence-corrected chi connectivity index (χ0v) is 13.4. The van der Waals surface area contributed by atoms with E-state index in [2.05, 4.69) is 29.6 Å². The second kappa shape index (κ2) is 6.29. The lowest BCUT2D eigenvalue weighted by atomic mass is 9.82. The molecule has 4 rings (SSSR count). The second-order valence-corrected chi connectivity index (χ2v) is 6.61. The Balaban J connectivity index is 1.42. The molecule has 2 aliphatic carbocycles. The van der Waals surface area contributed by atoms with E-state index in [1.54, 1.807) is 0 Å². The Hall–Kier alpha value is -2.33. The van der Waals surface area contributed by atoms with Crippen LogP contribution in [0.15, 0.2) is 48.5 Å². The van der Waals surface area contributed by atoms with Crippen LogP contribution in [0, 0.1) is 5.92 Å². The topological polar surface area (TPSA) is 58.6 Å². The van der Waals surface area contributed by atoms with Crippen molar-refractivity contribution in [3.63, 3.8) is 0 Å². The molecule has 2 N–H and O–H groups in total. The number of hydrogen-bond acceptors (Lipinski definition) is 3. The Labute approximate surface area is 141 Å². The van der Waals surface area contributed by atoms with E-state index in [1.165, 1.54) is 22.3 Å². The van der Waals surface area contributed by atoms with E-state index in [1.807, 2.05) is 24.3 Å². The van der Waals surface area contributed by atoms with E-state index in [0.29, 0.717) is 13.2 Å². The molecule has 24 heavy (non-hydrogen) atoms. The Morgan fingerprint density at radius 2 is 1.67 bits per heavy atom. The zero-order chi connectivity index (χ0) is 16.5. The molecule has 0 aliphatic heterocycles. The fraction of sp³-hybridized carbons (Fsp3) is 0.350. The molecule has 0 spiro atoms. The van der Waals surface area contributed by atoms with Crippen LogP contribution in [-0.4, -0.2) is 30.5 Å². The van der Waals surface area contributed by atoms with Crippen molar-refractivity contribution in [1.82, 2.24) is 5.32 Å². The van der Waals surface area contributed by atoms with Crippen molar-refractivity contribution in [1.29, 1.82) is 0 Å². The van der Waals surface area contributed by atoms with Gasteiger partial charge in [-0.05, 0) is 35.1 Å². The minimum atomic E-state index is -0.407. The number of hydrogen-bond donors (Lipinski definition) is 2. The fourth-order valence-corrected chi connectivity index (χ4v) is 3.65. The summed E-state index contributed by atoms with van der Waals surface area (Å²) in [5, 5.41) is 12.3. The summed E-state index contributed by atoms with van der Waals surface area (Å²) in [5.41, 5.74) is 4.86. The summed E-state index contributed by atoms with van der Waals surface area (Å²) < 4.78 is 5.46. The molecule has 0 aromatic heterocycles. The van der Waals surface area contributed by atoms with Gasteiger partial charge >= 0.3 is 6.09 Å². The van der Waals surface area contributed by atoms with Crippen LogP contribution in [0.3, 0.4) is 0 Å². The van der Waals surface area contributed by atoms with Crippen LogP contribution < -0.4 is 5.32 Å². The van der Waals surface area contributed by atoms with E-state index >= 15 is 0 Å². The van der Waals surface area contributed by atoms with Crippen LogP contribution in [0.5, 0.6) is 0 Å². The number of carbonyl (C=O) groups is 1. The number of fused-ring (bicyclic) bond motifs is 3. The van der Waals surface area contributed by atoms with Gasteiger partial charge in [0.25, 0.3) is 0 Å². The van der Waals surface area contributed by atoms with E-state index in [4.69, 9.17) is 4.74 Å². The highest BCUT2D eigenvalue weighted by molar-refractivity contribution is 5.79. The molecule has 1 amide bonds. The number of aliphatic hydroxyl groups excluding tert-OH is 1. The third kappa shape index (κ3) is 2.67. The summed E-state index contributed by atoms with van der Waals surface area (Å²) >= 11 is 0. The first-order chi connectivity index (χ1) is 11.7. The summed E-state index contributed by atoms with van der Waals surface area (Å²) in [4.78, 5) is 12.0. The van der Waals surface area contributed by atoms with Crippen molar-refractivity contribution in [2.45, 2.75) is 24.9 Å². The first kappa shape index (κ1) is 15.2. The smallest absolute Gasteiger partial charge is 0.407 e. The van der Waals surface area contributed by atoms with Gasteiger partial charge in [0.15, 0.2) is 0 Å². The number of benzene rings is 2. The molecule has 124 valence electrons. The van der Waals surface area contributed by atoms with Crippen LogP contribution in [0.2, 0.25) is 0 Å². The van der Waals surface area contributed by atoms with Gasteiger partial charge in [-0.1, -0.05) is 48.5 Å². The Morgan fingerprint density at radius 3 is 2.21 bits per heavy atom. The van der Waals surface area contributed by atoms with Gasteiger partial charge < -0.3 is 15.2 Å². The first-order valence-electron chi connectivity index (χ1n) is 8.51. The van der Waals surface area contributed by atoms with E-state index in [9.17, 15) is 9.90 Å². The van der Waals surface area contributed by atoms with Gasteiger partial charge in [0.1, 0.15) is 6.61 Å². The number of nitrogens with one attached hydrogen (secondary N) is 1. The predicted octanol–water partition coefficient (Wildman–Crippen LogP) is 3.30. The fourth-order valence-electron chi connectivity index (χ4n) is 3.65. The SMILES string of the molecule is O=C(NC[C@H]1CC[C@H]1O)OCC1c2ccccc2-c2ccccc21. The highest BCUT2D eigenvalue weighted by Crippen LogP contribution is 2.44. The lowest BCUT2D eigenvalue weighted by Gasteiger charge is -2.32. The molecule has 2 aromatic carbocycles. The summed E-state index contributed by atoms with van der Waals surface area (Å²) in [6, 6.07) is 16.6. The van der Waals surface area contributed by atoms with Crippen LogP contribution in [0.4, 0.5) is 4.79 Å². The number of carbonyl (C=O) groups excluding carboxylic acids is 1. The molecule has 2 atom stereocenters. The van der Waals surface area contributed by atoms with Crippen molar-refractivity contribution >= 4 is 6.09 Å². The average molecular weight is 323 g/mol. The lowest BCUT2D eigenvalue weighted by Crippen LogP contribution is -2.41. The summed E-state index contributed by atoms with van der Waals surface area (Å²) in [6.07, 6.45) is 1.11. The Bertz CT molecular complexity index is 713. The van der Waals surface area contributed by atoms with Crippen LogP contribution in [-0.2, 0) is 4.74 Å². The van der Waals surface area contributed by atoms with Crippen molar-refractivity contribution in [2.24, 2.45) is 5.92 Å². The Morgan fingerprint density at radius 1 is 1.04 bits per heavy atom. The first-order valence-corrected chi connectivity index (χ1v) is 8.51. The maximum absolute atomic E-state index is 12.0. The van der Waals surface area contributed by atoms with Gasteiger partial charge in [0, 0.05) is 18.4 Å². The lowest BCUT2D eigenvalue weighted by molar-refractivity contribution is 0.0240. The molecule has 2 aromatic rings. The maximum atomic E-state index is 12.0. The third-order valence-corrected chi connectivity index (χ3v) is 5.23. The van der Waals surface area contributed by atoms with Gasteiger partial charge in [0.2, 0.25) is 0 Å². The van der Waals surface area contributed by atoms with Crippen LogP contribution >= 0.6 is 0 Å². The van der Waals surface area contributed by atoms with Gasteiger partial charge in [-0.25, -0.2) is 4.79 Å². The van der Waals surface area contributed by atoms with Crippen molar-refractivity contribution < 1.29 is 14.6 Å². The predicted molar refractivity (Wildman–Crippen MR) is 91.8 cm³/mol. The molecule has 0 heterocycles. The van der Waals surface area contributed by atoms with Gasteiger partial charge in [-0.2, -0.15) is 0 Å². The molecule has 1 saturated carbocycles. The van der Waals surface area contributed by atoms with Gasteiger partial charge in [-0.15, -0.1) is 0 Å². The number of ether oxygens (including phenoxy) is 1. The summed E-state index contributed by atoms with van der Waals surface area (Å²) in [6.45, 7) is 0.810. The Kier molecular flexibility index (Phi) is 3.98. The van der Waals surface area contributed by atoms with Crippen molar-refractivity contribution in [3.05, 3.63) is 59.7 Å². The van der Waals surface area contributed by atoms with E-state index < -0.39 is 6.09 Å². The quantitative estimate of drug-likeness (QED) is 0.907. The largest absolute Gasteiger partial charge is 0.449 e. The van der Waals surface area contributed by atoms with Crippen LogP contribution in [0.25, 0.3) is 11.1 Å². The summed E-state index contributed by atoms with van der Waals surface area (Å²) in [7, 11) is 0. The molecule has 1 fully saturated rings. The number of amides is 1. The summed E-state index contributed by atoms with van der Waals surface area (Å²) in [5.74, 6) is 0.253. The highest BCUT2D eigenvalue weighted by Gasteiger charge is 2.30. The minimum Gasteiger partial charge on any atom is -0.449 e. The maximum Gasteiger partial charge on any atom is 0.407 e. The number of rotatable bonds is 4. The molecule has 0 unspecified atom stereocenters. The van der Waals surface area contributed by atoms with Crippen molar-refractivity contribution in [3.8, 4) is 11.1 Å². The normalized spacial score (nSPS) is 21.5. The standard InChI is InChI=1S/C20H21NO3/c22-19-10-9-13(19)11-21-20(23)24-12-18-16-7-3-1-5-14(16)15-6-2-4-8-17(15)18/h1-8,13,18-19,22H,9-12H2,(H,21,23)/t13-,19-/m1/s1. The molecular formula is C20H21NO3. The van der Waals surface area contributed by atoms with Crippen molar-refractivity contribution in [2.75, 3.05) is 13.2 Å². The molecular weight excluding hydrogens is 302 g/mol. The molecule has 2 aliphatic rings. The molecule has 0 saturated heterocycles. The van der Waals surface area contributed by atoms with Crippen LogP contribution in [0.1, 0.15) is 29.9 Å². The number of aliphatic hydroxyl groups is 1. The highest BCUT2D eigenvalue weighted by atomic mass is 16.5. The molecule has 4 nitrogen and oxygen atoms in total. The monoisotopic (exact) mass is 323 g/mol. The minimum absolute atomic E-state index is 0.0810. The molecule has 0 radical (unpaired) electrons. The number of alkyl carbamates (subject to hydrolysis) is 1. The molecule has 4 heteroatoms. The van der Waals surface area contributed by atoms with Gasteiger partial charge in [-0.3, -0.25) is 0 Å². The average Bonchev–Trinajstić information content (AvgIpc) is 2.93. The van der Waals surface area contributed by atoms with Gasteiger partial charge in [0.05, 0.1) is 6.10 Å². The van der Waals surface area contributed by atoms with E-state index in [0.717, 1.165) is 12.8 Å². The molecule has 0 bridgehead atoms. The second-order valence-electron chi connectivity index (χ2n) is 6.61. The zero-order valence-electron chi connectivity index (χ0n) is 13.4.